The summed E-state index contributed by atoms with van der Waals surface area (Å²) in [6, 6.07) is 2.39. The Hall–Kier alpha value is -4.68. The third-order valence-corrected chi connectivity index (χ3v) is 12.6. The van der Waals surface area contributed by atoms with Crippen LogP contribution in [0.1, 0.15) is 69.1 Å². The SMILES string of the molecule is C#Cc1c(F)ccc2cc(N)c(F)c(-c3c(C(F)(F)F)c4c5c(nc(OC[C@@]67CCCN6CC(=C(F)F)C7)nc5c3F)N3C[C@H]5CC[C@H](N5)[C@H]3CC4(C)C)c12. The van der Waals surface area contributed by atoms with Crippen LogP contribution in [0.15, 0.2) is 29.9 Å². The molecule has 1 aromatic heterocycles. The van der Waals surface area contributed by atoms with Crippen LogP contribution in [0.4, 0.5) is 46.6 Å². The van der Waals surface area contributed by atoms with Crippen molar-refractivity contribution >= 4 is 33.2 Å². The van der Waals surface area contributed by atoms with E-state index in [1.165, 1.54) is 6.07 Å². The second kappa shape index (κ2) is 12.2. The van der Waals surface area contributed by atoms with Gasteiger partial charge >= 0.3 is 12.2 Å². The van der Waals surface area contributed by atoms with Gasteiger partial charge in [0.05, 0.1) is 27.7 Å². The van der Waals surface area contributed by atoms with Crippen LogP contribution in [-0.4, -0.2) is 64.8 Å². The molecule has 0 spiro atoms. The summed E-state index contributed by atoms with van der Waals surface area (Å²) >= 11 is 0. The maximum absolute atomic E-state index is 17.8. The third-order valence-electron chi connectivity index (χ3n) is 12.6. The molecule has 2 bridgehead atoms. The molecule has 0 unspecified atom stereocenters. The maximum atomic E-state index is 17.8. The molecular formula is C40H36F8N6O. The smallest absolute Gasteiger partial charge is 0.417 e. The first-order valence-corrected chi connectivity index (χ1v) is 18.3. The third kappa shape index (κ3) is 5.30. The van der Waals surface area contributed by atoms with Crippen LogP contribution in [0.25, 0.3) is 32.8 Å². The minimum absolute atomic E-state index is 0.00250. The molecule has 4 saturated heterocycles. The summed E-state index contributed by atoms with van der Waals surface area (Å²) in [5.41, 5.74) is -1.81. The second-order valence-corrected chi connectivity index (χ2v) is 16.2. The number of ether oxygens (including phenoxy) is 1. The van der Waals surface area contributed by atoms with Crippen molar-refractivity contribution in [2.24, 2.45) is 0 Å². The topological polar surface area (TPSA) is 79.5 Å². The van der Waals surface area contributed by atoms with Crippen LogP contribution in [0.3, 0.4) is 0 Å². The van der Waals surface area contributed by atoms with Crippen molar-refractivity contribution in [2.75, 3.05) is 36.9 Å². The van der Waals surface area contributed by atoms with Crippen molar-refractivity contribution < 1.29 is 39.9 Å². The summed E-state index contributed by atoms with van der Waals surface area (Å²) < 4.78 is 131. The Labute approximate surface area is 310 Å². The molecule has 15 heteroatoms. The Kier molecular flexibility index (Phi) is 7.96. The highest BCUT2D eigenvalue weighted by Crippen LogP contribution is 2.56. The minimum atomic E-state index is -5.29. The Morgan fingerprint density at radius 3 is 2.60 bits per heavy atom. The number of nitrogens with two attached hydrogens (primary N) is 1. The van der Waals surface area contributed by atoms with Gasteiger partial charge in [0.2, 0.25) is 0 Å². The number of rotatable bonds is 4. The van der Waals surface area contributed by atoms with E-state index in [1.807, 2.05) is 9.80 Å². The van der Waals surface area contributed by atoms with E-state index in [0.717, 1.165) is 31.4 Å². The van der Waals surface area contributed by atoms with Crippen molar-refractivity contribution in [1.82, 2.24) is 20.2 Å². The number of hydrogen-bond acceptors (Lipinski definition) is 7. The van der Waals surface area contributed by atoms with Crippen LogP contribution >= 0.6 is 0 Å². The van der Waals surface area contributed by atoms with Crippen molar-refractivity contribution in [3.8, 4) is 29.5 Å². The van der Waals surface area contributed by atoms with Gasteiger partial charge in [-0.3, -0.25) is 4.90 Å². The highest BCUT2D eigenvalue weighted by atomic mass is 19.4. The average molecular weight is 769 g/mol. The predicted octanol–water partition coefficient (Wildman–Crippen LogP) is 8.21. The summed E-state index contributed by atoms with van der Waals surface area (Å²) in [6.07, 6.45) is 1.66. The fourth-order valence-corrected chi connectivity index (χ4v) is 10.3. The molecular weight excluding hydrogens is 732 g/mol. The van der Waals surface area contributed by atoms with Crippen molar-refractivity contribution in [3.63, 3.8) is 0 Å². The van der Waals surface area contributed by atoms with Crippen LogP contribution in [-0.2, 0) is 11.6 Å². The second-order valence-electron chi connectivity index (χ2n) is 16.2. The van der Waals surface area contributed by atoms with Gasteiger partial charge in [0.15, 0.2) is 11.6 Å². The predicted molar refractivity (Wildman–Crippen MR) is 191 cm³/mol. The van der Waals surface area contributed by atoms with Crippen LogP contribution in [0.2, 0.25) is 0 Å². The Bertz CT molecular complexity index is 2400. The fraction of sp³-hybridized carbons (Fsp3) is 0.450. The number of hydrogen-bond donors (Lipinski definition) is 2. The van der Waals surface area contributed by atoms with Gasteiger partial charge in [-0.15, -0.1) is 6.42 Å². The van der Waals surface area contributed by atoms with Crippen LogP contribution in [0.5, 0.6) is 6.01 Å². The van der Waals surface area contributed by atoms with E-state index in [1.54, 1.807) is 13.8 Å². The van der Waals surface area contributed by atoms with Gasteiger partial charge in [-0.05, 0) is 73.6 Å². The van der Waals surface area contributed by atoms with Crippen molar-refractivity contribution in [2.45, 2.75) is 87.6 Å². The molecule has 3 N–H and O–H groups in total. The molecule has 5 aliphatic heterocycles. The molecule has 4 atom stereocenters. The van der Waals surface area contributed by atoms with Crippen molar-refractivity contribution in [1.29, 1.82) is 0 Å². The van der Waals surface area contributed by atoms with E-state index < -0.39 is 79.5 Å². The molecule has 5 aliphatic rings. The minimum Gasteiger partial charge on any atom is -0.461 e. The molecule has 6 heterocycles. The molecule has 0 saturated carbocycles. The first-order chi connectivity index (χ1) is 26.0. The molecule has 4 fully saturated rings. The molecule has 4 aromatic rings. The summed E-state index contributed by atoms with van der Waals surface area (Å²) in [5.74, 6) is -1.82. The summed E-state index contributed by atoms with van der Waals surface area (Å²) in [7, 11) is 0. The number of terminal acetylenes is 1. The fourth-order valence-electron chi connectivity index (χ4n) is 10.3. The molecule has 0 amide bonds. The average Bonchev–Trinajstić information content (AvgIpc) is 3.80. The standard InChI is InChI=1S/C40H36F8N6O/c1-4-21-22(41)8-6-18-12-23(49)32(42)27(26(18)21)28-31(40(46,47)48)30-29-34(33(28)43)51-37(55-17-39-10-5-11-53(39)15-19(13-39)35(44)45)52-36(29)54-16-20-7-9-24(50-20)25(54)14-38(30,2)3/h1,6,8,12,20,24-25,50H,5,7,9-11,13-17,49H2,2-3H3/t20-,24+,25-,39+/m1/s1. The first-order valence-electron chi connectivity index (χ1n) is 18.3. The van der Waals surface area contributed by atoms with Gasteiger partial charge in [-0.25, -0.2) is 13.2 Å². The van der Waals surface area contributed by atoms with Crippen molar-refractivity contribution in [3.05, 3.63) is 64.0 Å². The summed E-state index contributed by atoms with van der Waals surface area (Å²) in [6.45, 7) is 4.09. The van der Waals surface area contributed by atoms with Gasteiger partial charge in [-0.2, -0.15) is 31.9 Å². The van der Waals surface area contributed by atoms with Crippen LogP contribution < -0.4 is 20.7 Å². The zero-order valence-corrected chi connectivity index (χ0v) is 29.9. The summed E-state index contributed by atoms with van der Waals surface area (Å²) in [5, 5.41) is 2.93. The van der Waals surface area contributed by atoms with Gasteiger partial charge in [-0.1, -0.05) is 25.8 Å². The Balaban J connectivity index is 1.37. The Morgan fingerprint density at radius 2 is 1.87 bits per heavy atom. The molecule has 0 aliphatic carbocycles. The van der Waals surface area contributed by atoms with E-state index in [9.17, 15) is 8.78 Å². The van der Waals surface area contributed by atoms with E-state index in [4.69, 9.17) is 21.9 Å². The van der Waals surface area contributed by atoms with Gasteiger partial charge in [0, 0.05) is 53.3 Å². The van der Waals surface area contributed by atoms with Gasteiger partial charge < -0.3 is 20.7 Å². The van der Waals surface area contributed by atoms with E-state index in [0.29, 0.717) is 19.5 Å². The molecule has 0 radical (unpaired) electrons. The first kappa shape index (κ1) is 36.0. The van der Waals surface area contributed by atoms with E-state index in [2.05, 4.69) is 16.2 Å². The Morgan fingerprint density at radius 1 is 1.09 bits per heavy atom. The van der Waals surface area contributed by atoms with E-state index >= 15 is 26.3 Å². The highest BCUT2D eigenvalue weighted by Gasteiger charge is 2.52. The normalized spacial score (nSPS) is 25.7. The number of anilines is 2. The number of alkyl halides is 3. The lowest BCUT2D eigenvalue weighted by molar-refractivity contribution is -0.138. The molecule has 9 rings (SSSR count). The number of benzene rings is 3. The highest BCUT2D eigenvalue weighted by molar-refractivity contribution is 6.07. The molecule has 3 aromatic carbocycles. The summed E-state index contributed by atoms with van der Waals surface area (Å²) in [4.78, 5) is 13.0. The van der Waals surface area contributed by atoms with Crippen LogP contribution in [0, 0.1) is 29.8 Å². The maximum Gasteiger partial charge on any atom is 0.417 e. The molecule has 288 valence electrons. The quantitative estimate of drug-likeness (QED) is 0.123. The lowest BCUT2D eigenvalue weighted by Gasteiger charge is -2.43. The zero-order chi connectivity index (χ0) is 38.9. The molecule has 7 nitrogen and oxygen atoms in total. The number of fused-ring (bicyclic) bond motifs is 7. The van der Waals surface area contributed by atoms with E-state index in [-0.39, 0.29) is 77.9 Å². The molecule has 55 heavy (non-hydrogen) atoms. The monoisotopic (exact) mass is 768 g/mol. The largest absolute Gasteiger partial charge is 0.461 e. The van der Waals surface area contributed by atoms with Gasteiger partial charge in [0.25, 0.3) is 6.08 Å². The number of nitrogens with zero attached hydrogens (tertiary/aromatic N) is 4. The number of piperazine rings is 1. The zero-order valence-electron chi connectivity index (χ0n) is 29.9. The lowest BCUT2D eigenvalue weighted by Crippen LogP contribution is -2.59. The number of aromatic nitrogens is 2. The number of nitrogen functional groups attached to an aromatic ring is 1. The number of halogens is 8. The lowest BCUT2D eigenvalue weighted by atomic mass is 9.73. The van der Waals surface area contributed by atoms with Gasteiger partial charge in [0.1, 0.15) is 23.8 Å². The number of nitrogens with one attached hydrogen (secondary N) is 1.